The van der Waals surface area contributed by atoms with Crippen molar-refractivity contribution in [3.8, 4) is 0 Å². The molecule has 1 aliphatic heterocycles. The maximum absolute atomic E-state index is 12.5. The van der Waals surface area contributed by atoms with Crippen molar-refractivity contribution in [2.75, 3.05) is 57.4 Å². The second-order valence-electron chi connectivity index (χ2n) is 9.82. The van der Waals surface area contributed by atoms with E-state index in [0.717, 1.165) is 44.8 Å². The summed E-state index contributed by atoms with van der Waals surface area (Å²) in [6.45, 7) is 18.4. The monoisotopic (exact) mass is 393 g/mol. The number of nitrogens with zero attached hydrogens (tertiary/aromatic N) is 4. The molecular weight excluding hydrogens is 354 g/mol. The minimum absolute atomic E-state index is 0.228. The summed E-state index contributed by atoms with van der Waals surface area (Å²) in [7, 11) is 2.16. The third kappa shape index (κ3) is 5.85. The van der Waals surface area contributed by atoms with Gasteiger partial charge in [0.2, 0.25) is 0 Å². The average molecular weight is 394 g/mol. The number of urea groups is 1. The third-order valence-electron chi connectivity index (χ3n) is 5.04. The third-order valence-corrected chi connectivity index (χ3v) is 5.04. The van der Waals surface area contributed by atoms with Gasteiger partial charge in [-0.25, -0.2) is 9.48 Å². The van der Waals surface area contributed by atoms with Crippen molar-refractivity contribution >= 4 is 17.5 Å². The Hall–Kier alpha value is -1.80. The van der Waals surface area contributed by atoms with Gasteiger partial charge in [-0.05, 0) is 40.8 Å². The number of amides is 2. The van der Waals surface area contributed by atoms with Crippen LogP contribution in [-0.2, 0) is 11.0 Å². The van der Waals surface area contributed by atoms with E-state index in [-0.39, 0.29) is 17.0 Å². The standard InChI is InChI=1S/C20H39N7O/c1-19(2,3)16-15(17(21)27(24-16)20(4,5)6)23-18(28)22-9-8-10-26-13-11-25(7)12-14-26/h8-14,21H2,1-7H3,(H2,22,23,28). The molecule has 0 aliphatic carbocycles. The quantitative estimate of drug-likeness (QED) is 0.668. The van der Waals surface area contributed by atoms with Crippen LogP contribution in [0.1, 0.15) is 53.7 Å². The zero-order valence-corrected chi connectivity index (χ0v) is 18.7. The predicted molar refractivity (Wildman–Crippen MR) is 116 cm³/mol. The number of hydrogen-bond acceptors (Lipinski definition) is 5. The van der Waals surface area contributed by atoms with Crippen molar-refractivity contribution in [3.05, 3.63) is 5.69 Å². The zero-order valence-electron chi connectivity index (χ0n) is 18.7. The molecule has 0 aromatic carbocycles. The maximum Gasteiger partial charge on any atom is 0.319 e. The molecule has 1 aromatic rings. The Labute approximate surface area is 169 Å². The van der Waals surface area contributed by atoms with Gasteiger partial charge in [0.1, 0.15) is 11.5 Å². The van der Waals surface area contributed by atoms with Crippen LogP contribution in [0.4, 0.5) is 16.3 Å². The highest BCUT2D eigenvalue weighted by atomic mass is 16.2. The van der Waals surface area contributed by atoms with E-state index in [9.17, 15) is 4.79 Å². The molecule has 8 nitrogen and oxygen atoms in total. The van der Waals surface area contributed by atoms with Crippen molar-refractivity contribution in [1.82, 2.24) is 24.9 Å². The number of nitrogens with two attached hydrogens (primary N) is 1. The zero-order chi connectivity index (χ0) is 21.1. The van der Waals surface area contributed by atoms with E-state index in [1.807, 2.05) is 20.8 Å². The highest BCUT2D eigenvalue weighted by Gasteiger charge is 2.30. The fraction of sp³-hybridized carbons (Fsp3) is 0.800. The van der Waals surface area contributed by atoms with Gasteiger partial charge in [0, 0.05) is 38.1 Å². The molecule has 2 amide bonds. The number of piperazine rings is 1. The molecule has 1 fully saturated rings. The van der Waals surface area contributed by atoms with Crippen molar-refractivity contribution in [1.29, 1.82) is 0 Å². The molecule has 1 aromatic heterocycles. The molecule has 1 aliphatic rings. The summed E-state index contributed by atoms with van der Waals surface area (Å²) in [6.07, 6.45) is 0.931. The molecule has 0 saturated carbocycles. The van der Waals surface area contributed by atoms with Crippen molar-refractivity contribution in [2.45, 2.75) is 58.9 Å². The van der Waals surface area contributed by atoms with Crippen molar-refractivity contribution in [3.63, 3.8) is 0 Å². The lowest BCUT2D eigenvalue weighted by atomic mass is 9.91. The van der Waals surface area contributed by atoms with Gasteiger partial charge in [-0.15, -0.1) is 0 Å². The minimum atomic E-state index is -0.261. The molecule has 0 radical (unpaired) electrons. The minimum Gasteiger partial charge on any atom is -0.382 e. The molecule has 8 heteroatoms. The Kier molecular flexibility index (Phi) is 6.98. The van der Waals surface area contributed by atoms with Crippen LogP contribution in [0.5, 0.6) is 0 Å². The van der Waals surface area contributed by atoms with Gasteiger partial charge in [0.25, 0.3) is 0 Å². The molecule has 0 unspecified atom stereocenters. The van der Waals surface area contributed by atoms with E-state index in [4.69, 9.17) is 10.8 Å². The second kappa shape index (κ2) is 8.69. The molecule has 2 heterocycles. The number of hydrogen-bond donors (Lipinski definition) is 3. The lowest BCUT2D eigenvalue weighted by Gasteiger charge is -2.32. The number of carbonyl (C=O) groups excluding carboxylic acids is 1. The maximum atomic E-state index is 12.5. The number of likely N-dealkylation sites (N-methyl/N-ethyl adjacent to an activating group) is 1. The lowest BCUT2D eigenvalue weighted by molar-refractivity contribution is 0.153. The van der Waals surface area contributed by atoms with Gasteiger partial charge < -0.3 is 26.2 Å². The van der Waals surface area contributed by atoms with Gasteiger partial charge in [-0.2, -0.15) is 5.10 Å². The summed E-state index contributed by atoms with van der Waals surface area (Å²) in [4.78, 5) is 17.3. The van der Waals surface area contributed by atoms with Crippen LogP contribution in [0, 0.1) is 0 Å². The summed E-state index contributed by atoms with van der Waals surface area (Å²) < 4.78 is 1.79. The van der Waals surface area contributed by atoms with E-state index >= 15 is 0 Å². The van der Waals surface area contributed by atoms with E-state index in [1.54, 1.807) is 4.68 Å². The van der Waals surface area contributed by atoms with Crippen LogP contribution >= 0.6 is 0 Å². The largest absolute Gasteiger partial charge is 0.382 e. The van der Waals surface area contributed by atoms with Crippen LogP contribution in [0.15, 0.2) is 0 Å². The highest BCUT2D eigenvalue weighted by molar-refractivity contribution is 5.93. The van der Waals surface area contributed by atoms with Gasteiger partial charge in [-0.1, -0.05) is 20.8 Å². The van der Waals surface area contributed by atoms with E-state index in [0.29, 0.717) is 18.1 Å². The number of anilines is 2. The topological polar surface area (TPSA) is 91.5 Å². The lowest BCUT2D eigenvalue weighted by Crippen LogP contribution is -2.45. The predicted octanol–water partition coefficient (Wildman–Crippen LogP) is 2.28. The Bertz CT molecular complexity index is 661. The average Bonchev–Trinajstić information content (AvgIpc) is 2.90. The summed E-state index contributed by atoms with van der Waals surface area (Å²) >= 11 is 0. The summed E-state index contributed by atoms with van der Waals surface area (Å²) in [5, 5.41) is 10.6. The molecule has 0 bridgehead atoms. The first-order valence-corrected chi connectivity index (χ1v) is 10.2. The van der Waals surface area contributed by atoms with Crippen LogP contribution in [0.25, 0.3) is 0 Å². The van der Waals surface area contributed by atoms with Gasteiger partial charge in [0.15, 0.2) is 0 Å². The smallest absolute Gasteiger partial charge is 0.319 e. The Morgan fingerprint density at radius 1 is 1.11 bits per heavy atom. The molecule has 0 spiro atoms. The first-order chi connectivity index (χ1) is 12.9. The van der Waals surface area contributed by atoms with Crippen molar-refractivity contribution in [2.24, 2.45) is 0 Å². The Morgan fingerprint density at radius 2 is 1.71 bits per heavy atom. The number of aromatic nitrogens is 2. The Balaban J connectivity index is 1.93. The molecule has 160 valence electrons. The summed E-state index contributed by atoms with van der Waals surface area (Å²) in [6, 6.07) is -0.232. The first-order valence-electron chi connectivity index (χ1n) is 10.2. The second-order valence-corrected chi connectivity index (χ2v) is 9.82. The van der Waals surface area contributed by atoms with Crippen LogP contribution < -0.4 is 16.4 Å². The number of nitrogen functional groups attached to an aromatic ring is 1. The highest BCUT2D eigenvalue weighted by Crippen LogP contribution is 2.35. The first kappa shape index (κ1) is 22.5. The molecule has 4 N–H and O–H groups in total. The summed E-state index contributed by atoms with van der Waals surface area (Å²) in [5.41, 5.74) is 7.27. The fourth-order valence-electron chi connectivity index (χ4n) is 3.32. The van der Waals surface area contributed by atoms with Gasteiger partial charge in [-0.3, -0.25) is 0 Å². The SMILES string of the molecule is CN1CCN(CCCNC(=O)Nc2c(C(C)(C)C)nn(C(C)(C)C)c2N)CC1. The molecule has 2 rings (SSSR count). The van der Waals surface area contributed by atoms with Crippen LogP contribution in [0.3, 0.4) is 0 Å². The van der Waals surface area contributed by atoms with E-state index < -0.39 is 0 Å². The molecule has 28 heavy (non-hydrogen) atoms. The normalized spacial score (nSPS) is 17.0. The van der Waals surface area contributed by atoms with Gasteiger partial charge >= 0.3 is 6.03 Å². The van der Waals surface area contributed by atoms with Crippen molar-refractivity contribution < 1.29 is 4.79 Å². The number of nitrogens with one attached hydrogen (secondary N) is 2. The van der Waals surface area contributed by atoms with E-state index in [2.05, 4.69) is 48.3 Å². The Morgan fingerprint density at radius 3 is 2.25 bits per heavy atom. The molecule has 0 atom stereocenters. The van der Waals surface area contributed by atoms with E-state index in [1.165, 1.54) is 0 Å². The van der Waals surface area contributed by atoms with Gasteiger partial charge in [0.05, 0.1) is 11.2 Å². The fourth-order valence-corrected chi connectivity index (χ4v) is 3.32. The summed E-state index contributed by atoms with van der Waals surface area (Å²) in [5.74, 6) is 0.491. The number of carbonyl (C=O) groups is 1. The molecular formula is C20H39N7O. The van der Waals surface area contributed by atoms with Crippen LogP contribution in [-0.4, -0.2) is 71.9 Å². The molecule has 1 saturated heterocycles. The number of rotatable bonds is 5. The van der Waals surface area contributed by atoms with Crippen LogP contribution in [0.2, 0.25) is 0 Å².